The molecule has 1 aromatic rings. The molecule has 0 bridgehead atoms. The third-order valence-corrected chi connectivity index (χ3v) is 2.06. The molecule has 0 aromatic heterocycles. The minimum absolute atomic E-state index is 0. The van der Waals surface area contributed by atoms with E-state index in [9.17, 15) is 0 Å². The van der Waals surface area contributed by atoms with E-state index in [-0.39, 0.29) is 12.4 Å². The van der Waals surface area contributed by atoms with Crippen molar-refractivity contribution in [3.63, 3.8) is 0 Å². The van der Waals surface area contributed by atoms with Gasteiger partial charge in [-0.05, 0) is 24.6 Å². The van der Waals surface area contributed by atoms with Crippen molar-refractivity contribution in [3.05, 3.63) is 28.8 Å². The Bertz CT molecular complexity index is 315. The summed E-state index contributed by atoms with van der Waals surface area (Å²) in [5.41, 5.74) is 2.04. The lowest BCUT2D eigenvalue weighted by Gasteiger charge is -2.07. The molecule has 1 N–H and O–H groups in total. The molecule has 0 aliphatic carbocycles. The van der Waals surface area contributed by atoms with E-state index in [0.29, 0.717) is 6.54 Å². The second kappa shape index (κ2) is 5.75. The lowest BCUT2D eigenvalue weighted by atomic mass is 10.2. The van der Waals surface area contributed by atoms with Crippen molar-refractivity contribution in [2.75, 3.05) is 11.9 Å². The van der Waals surface area contributed by atoms with E-state index in [0.717, 1.165) is 16.3 Å². The van der Waals surface area contributed by atoms with E-state index in [1.807, 2.05) is 25.1 Å². The molecule has 0 aliphatic rings. The van der Waals surface area contributed by atoms with Gasteiger partial charge in [0, 0.05) is 10.7 Å². The van der Waals surface area contributed by atoms with Crippen molar-refractivity contribution in [1.29, 1.82) is 0 Å². The van der Waals surface area contributed by atoms with Crippen LogP contribution in [0, 0.1) is 19.3 Å². The molecule has 0 aliphatic heterocycles. The summed E-state index contributed by atoms with van der Waals surface area (Å²) in [7, 11) is 0. The minimum Gasteiger partial charge on any atom is -0.374 e. The summed E-state index contributed by atoms with van der Waals surface area (Å²) < 4.78 is 0. The van der Waals surface area contributed by atoms with Crippen LogP contribution in [0.5, 0.6) is 0 Å². The van der Waals surface area contributed by atoms with Gasteiger partial charge in [0.05, 0.1) is 6.54 Å². The molecule has 0 heterocycles. The Morgan fingerprint density at radius 3 is 2.85 bits per heavy atom. The molecule has 0 amide bonds. The number of rotatable bonds is 2. The molecule has 70 valence electrons. The Labute approximate surface area is 89.9 Å². The van der Waals surface area contributed by atoms with E-state index >= 15 is 0 Å². The Morgan fingerprint density at radius 1 is 1.54 bits per heavy atom. The highest BCUT2D eigenvalue weighted by Crippen LogP contribution is 2.22. The maximum atomic E-state index is 5.90. The van der Waals surface area contributed by atoms with Gasteiger partial charge in [-0.25, -0.2) is 0 Å². The van der Waals surface area contributed by atoms with Gasteiger partial charge in [0.1, 0.15) is 0 Å². The molecule has 0 saturated heterocycles. The van der Waals surface area contributed by atoms with E-state index in [2.05, 4.69) is 11.2 Å². The molecule has 1 nitrogen and oxygen atoms in total. The topological polar surface area (TPSA) is 12.0 Å². The van der Waals surface area contributed by atoms with Crippen LogP contribution in [0.25, 0.3) is 0 Å². The van der Waals surface area contributed by atoms with Gasteiger partial charge in [-0.15, -0.1) is 18.8 Å². The fraction of sp³-hybridized carbons (Fsp3) is 0.200. The number of hydrogen-bond donors (Lipinski definition) is 1. The average molecular weight is 216 g/mol. The van der Waals surface area contributed by atoms with E-state index < -0.39 is 0 Å². The number of hydrogen-bond acceptors (Lipinski definition) is 1. The molecule has 0 spiro atoms. The first kappa shape index (κ1) is 12.2. The van der Waals surface area contributed by atoms with Gasteiger partial charge in [0.25, 0.3) is 0 Å². The first-order chi connectivity index (χ1) is 5.75. The summed E-state index contributed by atoms with van der Waals surface area (Å²) in [6, 6.07) is 5.71. The smallest absolute Gasteiger partial charge is 0.0763 e. The molecule has 0 saturated carbocycles. The van der Waals surface area contributed by atoms with Crippen molar-refractivity contribution in [1.82, 2.24) is 0 Å². The largest absolute Gasteiger partial charge is 0.374 e. The molecule has 0 fully saturated rings. The molecule has 0 radical (unpaired) electrons. The third kappa shape index (κ3) is 3.18. The van der Waals surface area contributed by atoms with Gasteiger partial charge in [0.2, 0.25) is 0 Å². The average Bonchev–Trinajstić information content (AvgIpc) is 2.08. The van der Waals surface area contributed by atoms with Crippen LogP contribution < -0.4 is 5.32 Å². The van der Waals surface area contributed by atoms with Gasteiger partial charge < -0.3 is 5.32 Å². The minimum atomic E-state index is 0. The van der Waals surface area contributed by atoms with Crippen LogP contribution in [-0.4, -0.2) is 6.54 Å². The second-order valence-electron chi connectivity index (χ2n) is 2.47. The van der Waals surface area contributed by atoms with Crippen molar-refractivity contribution in [2.45, 2.75) is 6.92 Å². The molecule has 13 heavy (non-hydrogen) atoms. The van der Waals surface area contributed by atoms with Crippen LogP contribution >= 0.6 is 24.0 Å². The third-order valence-electron chi connectivity index (χ3n) is 1.65. The Morgan fingerprint density at radius 2 is 2.23 bits per heavy atom. The first-order valence-electron chi connectivity index (χ1n) is 3.68. The highest BCUT2D eigenvalue weighted by atomic mass is 35.5. The standard InChI is InChI=1S/C10H10ClN.ClH/c1-3-7-12-10-6-4-5-9(11)8(10)2;/h1,4-6,12H,7H2,2H3;1H. The van der Waals surface area contributed by atoms with Gasteiger partial charge in [0.15, 0.2) is 0 Å². The molecular weight excluding hydrogens is 205 g/mol. The maximum Gasteiger partial charge on any atom is 0.0763 e. The summed E-state index contributed by atoms with van der Waals surface area (Å²) in [5, 5.41) is 3.84. The van der Waals surface area contributed by atoms with Crippen LogP contribution in [0.15, 0.2) is 18.2 Å². The SMILES string of the molecule is C#CCNc1cccc(Cl)c1C.Cl. The Hall–Kier alpha value is -0.840. The van der Waals surface area contributed by atoms with E-state index in [1.165, 1.54) is 0 Å². The molecule has 1 aromatic carbocycles. The zero-order chi connectivity index (χ0) is 8.97. The van der Waals surface area contributed by atoms with Crippen LogP contribution in [0.1, 0.15) is 5.56 Å². The fourth-order valence-corrected chi connectivity index (χ4v) is 1.12. The number of benzene rings is 1. The lowest BCUT2D eigenvalue weighted by molar-refractivity contribution is 1.33. The molecular formula is C10H11Cl2N. The zero-order valence-corrected chi connectivity index (χ0v) is 8.88. The molecule has 3 heteroatoms. The quantitative estimate of drug-likeness (QED) is 0.749. The highest BCUT2D eigenvalue weighted by molar-refractivity contribution is 6.31. The molecule has 1 rings (SSSR count). The van der Waals surface area contributed by atoms with Gasteiger partial charge in [-0.3, -0.25) is 0 Å². The van der Waals surface area contributed by atoms with Crippen LogP contribution in [0.3, 0.4) is 0 Å². The normalized spacial score (nSPS) is 8.38. The van der Waals surface area contributed by atoms with Crippen LogP contribution in [0.2, 0.25) is 5.02 Å². The predicted molar refractivity (Wildman–Crippen MR) is 60.8 cm³/mol. The monoisotopic (exact) mass is 215 g/mol. The van der Waals surface area contributed by atoms with Gasteiger partial charge >= 0.3 is 0 Å². The Kier molecular flexibility index (Phi) is 5.37. The van der Waals surface area contributed by atoms with Crippen molar-refractivity contribution < 1.29 is 0 Å². The Balaban J connectivity index is 0.00000144. The predicted octanol–water partition coefficient (Wildman–Crippen LogP) is 3.12. The number of anilines is 1. The zero-order valence-electron chi connectivity index (χ0n) is 7.30. The van der Waals surface area contributed by atoms with Gasteiger partial charge in [-0.2, -0.15) is 0 Å². The van der Waals surface area contributed by atoms with Crippen molar-refractivity contribution in [3.8, 4) is 12.3 Å². The summed E-state index contributed by atoms with van der Waals surface area (Å²) in [6.07, 6.45) is 5.12. The number of terminal acetylenes is 1. The van der Waals surface area contributed by atoms with E-state index in [4.69, 9.17) is 18.0 Å². The molecule has 0 unspecified atom stereocenters. The molecule has 0 atom stereocenters. The van der Waals surface area contributed by atoms with Crippen molar-refractivity contribution >= 4 is 29.7 Å². The van der Waals surface area contributed by atoms with E-state index in [1.54, 1.807) is 0 Å². The fourth-order valence-electron chi connectivity index (χ4n) is 0.945. The van der Waals surface area contributed by atoms with Crippen molar-refractivity contribution in [2.24, 2.45) is 0 Å². The number of nitrogens with one attached hydrogen (secondary N) is 1. The lowest BCUT2D eigenvalue weighted by Crippen LogP contribution is -1.99. The van der Waals surface area contributed by atoms with Gasteiger partial charge in [-0.1, -0.05) is 23.6 Å². The van der Waals surface area contributed by atoms with Crippen LogP contribution in [-0.2, 0) is 0 Å². The van der Waals surface area contributed by atoms with Crippen LogP contribution in [0.4, 0.5) is 5.69 Å². The summed E-state index contributed by atoms with van der Waals surface area (Å²) in [6.45, 7) is 2.49. The highest BCUT2D eigenvalue weighted by Gasteiger charge is 1.98. The maximum absolute atomic E-state index is 5.90. The summed E-state index contributed by atoms with van der Waals surface area (Å²) in [4.78, 5) is 0. The summed E-state index contributed by atoms with van der Waals surface area (Å²) in [5.74, 6) is 2.51. The first-order valence-corrected chi connectivity index (χ1v) is 4.06. The summed E-state index contributed by atoms with van der Waals surface area (Å²) >= 11 is 5.90. The second-order valence-corrected chi connectivity index (χ2v) is 2.88. The number of halogens is 2.